The van der Waals surface area contributed by atoms with Gasteiger partial charge < -0.3 is 48.4 Å². The van der Waals surface area contributed by atoms with E-state index in [-0.39, 0.29) is 63.6 Å². The number of unbranched alkanes of at least 4 members (excludes halogenated alkanes) is 1. The van der Waals surface area contributed by atoms with E-state index in [0.717, 1.165) is 12.8 Å². The first-order chi connectivity index (χ1) is 27.5. The zero-order chi connectivity index (χ0) is 41.2. The number of rotatable bonds is 19. The first-order valence-corrected chi connectivity index (χ1v) is 20.4. The number of hydrogen-bond acceptors (Lipinski definition) is 17. The number of hydrogen-bond donors (Lipinski definition) is 1. The molecule has 0 radical (unpaired) electrons. The number of nitrogens with one attached hydrogen (secondary N) is 1. The van der Waals surface area contributed by atoms with E-state index in [0.29, 0.717) is 30.9 Å². The van der Waals surface area contributed by atoms with Crippen LogP contribution in [0.25, 0.3) is 11.4 Å². The number of piperazine rings is 1. The molecule has 2 atom stereocenters. The molecule has 3 heterocycles. The molecule has 1 N–H and O–H groups in total. The summed E-state index contributed by atoms with van der Waals surface area (Å²) in [6.07, 6.45) is -1.37. The van der Waals surface area contributed by atoms with Crippen LogP contribution in [0.2, 0.25) is 0 Å². The molecule has 2 saturated heterocycles. The highest BCUT2D eigenvalue weighted by Crippen LogP contribution is 2.49. The lowest BCUT2D eigenvalue weighted by Gasteiger charge is -2.36. The first kappa shape index (κ1) is 44.7. The van der Waals surface area contributed by atoms with Gasteiger partial charge in [0.2, 0.25) is 19.5 Å². The Kier molecular flexibility index (Phi) is 17.7. The second-order valence-electron chi connectivity index (χ2n) is 12.6. The van der Waals surface area contributed by atoms with E-state index < -0.39 is 63.6 Å². The molecule has 0 bridgehead atoms. The van der Waals surface area contributed by atoms with Gasteiger partial charge in [-0.2, -0.15) is 0 Å². The number of aromatic nitrogens is 2. The summed E-state index contributed by atoms with van der Waals surface area (Å²) in [4.78, 5) is 78.8. The molecule has 2 aromatic rings. The number of nitrogens with zero attached hydrogens (tertiary/aromatic N) is 5. The van der Waals surface area contributed by atoms with Crippen LogP contribution < -0.4 is 10.2 Å². The van der Waals surface area contributed by atoms with Crippen LogP contribution >= 0.6 is 7.60 Å². The van der Waals surface area contributed by atoms with Crippen LogP contribution in [0.5, 0.6) is 0 Å². The van der Waals surface area contributed by atoms with Gasteiger partial charge in [0.15, 0.2) is 5.82 Å². The van der Waals surface area contributed by atoms with Crippen molar-refractivity contribution in [3.05, 3.63) is 42.1 Å². The summed E-state index contributed by atoms with van der Waals surface area (Å²) in [6, 6.07) is 8.88. The van der Waals surface area contributed by atoms with Crippen molar-refractivity contribution < 1.29 is 66.0 Å². The highest BCUT2D eigenvalue weighted by atomic mass is 31.2. The molecular formula is C36H51N6O14P. The Morgan fingerprint density at radius 2 is 1.47 bits per heavy atom. The van der Waals surface area contributed by atoms with Crippen LogP contribution in [0.15, 0.2) is 36.4 Å². The lowest BCUT2D eigenvalue weighted by Crippen LogP contribution is -2.57. The maximum atomic E-state index is 14.3. The van der Waals surface area contributed by atoms with Gasteiger partial charge >= 0.3 is 26.0 Å². The smallest absolute Gasteiger partial charge is 0.449 e. The number of carbonyl (C=O) groups is 5. The number of methoxy groups -OCH3 is 1. The summed E-state index contributed by atoms with van der Waals surface area (Å²) < 4.78 is 54.9. The van der Waals surface area contributed by atoms with Crippen LogP contribution in [0.3, 0.4) is 0 Å². The largest absolute Gasteiger partial charge is 0.510 e. The van der Waals surface area contributed by atoms with Crippen LogP contribution in [0.4, 0.5) is 20.2 Å². The highest BCUT2D eigenvalue weighted by molar-refractivity contribution is 7.54. The monoisotopic (exact) mass is 822 g/mol. The third kappa shape index (κ3) is 13.8. The normalized spacial score (nSPS) is 16.1. The topological polar surface area (TPSA) is 224 Å². The molecule has 3 amide bonds. The molecule has 1 aromatic carbocycles. The van der Waals surface area contributed by atoms with Crippen LogP contribution in [-0.2, 0) is 46.8 Å². The Morgan fingerprint density at radius 3 is 2.05 bits per heavy atom. The van der Waals surface area contributed by atoms with E-state index in [4.69, 9.17) is 42.5 Å². The second kappa shape index (κ2) is 22.6. The minimum absolute atomic E-state index is 0.0197. The minimum Gasteiger partial charge on any atom is -0.449 e. The number of anilines is 1. The molecule has 21 heteroatoms. The predicted octanol–water partition coefficient (Wildman–Crippen LogP) is 4.04. The standard InChI is InChI=1S/C36H51N6O14P/c1-5-8-20-52-34(45)41-18-16-40(17-19-41)33(44)29(23-57(48,55-24-53-35(46)50-6-2)56-25-54-36(47)51-7-3)38-32(43)28-21-30(42-15-14-27(22-42)49-4)39-31(37-28)26-12-10-9-11-13-26/h9-13,21,27,29H,5-8,14-20,22-25H2,1-4H3,(H,38,43)/t27-,29-/m0/s1. The predicted molar refractivity (Wildman–Crippen MR) is 201 cm³/mol. The lowest BCUT2D eigenvalue weighted by molar-refractivity contribution is -0.134. The third-order valence-corrected chi connectivity index (χ3v) is 10.5. The lowest BCUT2D eigenvalue weighted by atomic mass is 10.2. The summed E-state index contributed by atoms with van der Waals surface area (Å²) in [6.45, 7) is 4.84. The maximum Gasteiger partial charge on any atom is 0.510 e. The van der Waals surface area contributed by atoms with Gasteiger partial charge in [-0.25, -0.2) is 24.4 Å². The first-order valence-electron chi connectivity index (χ1n) is 18.7. The van der Waals surface area contributed by atoms with Crippen molar-refractivity contribution in [2.45, 2.75) is 52.2 Å². The quantitative estimate of drug-likeness (QED) is 0.0694. The number of ether oxygens (including phenoxy) is 6. The summed E-state index contributed by atoms with van der Waals surface area (Å²) in [7, 11) is -2.96. The molecule has 0 spiro atoms. The summed E-state index contributed by atoms with van der Waals surface area (Å²) in [5.41, 5.74) is 0.522. The molecular weight excluding hydrogens is 771 g/mol. The van der Waals surface area contributed by atoms with Crippen molar-refractivity contribution in [3.8, 4) is 11.4 Å². The van der Waals surface area contributed by atoms with Crippen LogP contribution in [-0.4, -0.2) is 148 Å². The van der Waals surface area contributed by atoms with E-state index in [2.05, 4.69) is 10.3 Å². The molecule has 0 unspecified atom stereocenters. The van der Waals surface area contributed by atoms with Gasteiger partial charge in [-0.05, 0) is 26.7 Å². The summed E-state index contributed by atoms with van der Waals surface area (Å²) in [5, 5.41) is 2.64. The zero-order valence-electron chi connectivity index (χ0n) is 32.6. The zero-order valence-corrected chi connectivity index (χ0v) is 33.5. The van der Waals surface area contributed by atoms with Crippen molar-refractivity contribution in [2.75, 3.05) is 90.8 Å². The van der Waals surface area contributed by atoms with Gasteiger partial charge in [0.25, 0.3) is 5.91 Å². The van der Waals surface area contributed by atoms with Crippen molar-refractivity contribution in [1.29, 1.82) is 0 Å². The fraction of sp³-hybridized carbons (Fsp3) is 0.583. The van der Waals surface area contributed by atoms with E-state index in [1.807, 2.05) is 17.9 Å². The number of benzene rings is 1. The van der Waals surface area contributed by atoms with Crippen molar-refractivity contribution in [1.82, 2.24) is 25.1 Å². The molecule has 0 aliphatic carbocycles. The molecule has 20 nitrogen and oxygen atoms in total. The molecule has 314 valence electrons. The molecule has 4 rings (SSSR count). The summed E-state index contributed by atoms with van der Waals surface area (Å²) in [5.74, 6) is -0.837. The van der Waals surface area contributed by atoms with E-state index in [1.165, 1.54) is 15.9 Å². The Bertz CT molecular complexity index is 1670. The molecule has 0 saturated carbocycles. The van der Waals surface area contributed by atoms with Gasteiger partial charge in [0.1, 0.15) is 17.6 Å². The van der Waals surface area contributed by atoms with Gasteiger partial charge in [0, 0.05) is 58.0 Å². The number of carbonyl (C=O) groups excluding carboxylic acids is 5. The van der Waals surface area contributed by atoms with Crippen molar-refractivity contribution in [2.24, 2.45) is 0 Å². The SMILES string of the molecule is CCCCOC(=O)N1CCN(C(=O)[C@H](CP(=O)(OCOC(=O)OCC)OCOC(=O)OCC)NC(=O)c2cc(N3CC[C@H](OC)C3)nc(-c3ccccc3)n2)CC1. The van der Waals surface area contributed by atoms with Crippen LogP contribution in [0, 0.1) is 0 Å². The molecule has 2 fully saturated rings. The molecule has 2 aliphatic heterocycles. The van der Waals surface area contributed by atoms with E-state index in [9.17, 15) is 28.5 Å². The Hall–Kier alpha value is -5.04. The molecule has 2 aliphatic rings. The Labute approximate surface area is 330 Å². The van der Waals surface area contributed by atoms with Gasteiger partial charge in [-0.3, -0.25) is 23.2 Å². The number of amides is 3. The second-order valence-corrected chi connectivity index (χ2v) is 14.7. The average Bonchev–Trinajstić information content (AvgIpc) is 3.71. The third-order valence-electron chi connectivity index (χ3n) is 8.74. The van der Waals surface area contributed by atoms with E-state index >= 15 is 0 Å². The maximum absolute atomic E-state index is 14.3. The van der Waals surface area contributed by atoms with Crippen LogP contribution in [0.1, 0.15) is 50.5 Å². The summed E-state index contributed by atoms with van der Waals surface area (Å²) >= 11 is 0. The fourth-order valence-electron chi connectivity index (χ4n) is 5.70. The Balaban J connectivity index is 1.64. The van der Waals surface area contributed by atoms with Gasteiger partial charge in [0.05, 0.1) is 32.1 Å². The average molecular weight is 823 g/mol. The minimum atomic E-state index is -4.58. The van der Waals surface area contributed by atoms with E-state index in [1.54, 1.807) is 45.2 Å². The highest BCUT2D eigenvalue weighted by Gasteiger charge is 2.39. The molecule has 1 aromatic heterocycles. The van der Waals surface area contributed by atoms with Gasteiger partial charge in [-0.15, -0.1) is 0 Å². The van der Waals surface area contributed by atoms with Crippen molar-refractivity contribution >= 4 is 43.6 Å². The molecule has 57 heavy (non-hydrogen) atoms. The van der Waals surface area contributed by atoms with Crippen molar-refractivity contribution in [3.63, 3.8) is 0 Å². The Morgan fingerprint density at radius 1 is 0.842 bits per heavy atom. The fourth-order valence-corrected chi connectivity index (χ4v) is 7.10. The van der Waals surface area contributed by atoms with Gasteiger partial charge in [-0.1, -0.05) is 43.7 Å².